The summed E-state index contributed by atoms with van der Waals surface area (Å²) in [4.78, 5) is 45.2. The molecule has 6 rings (SSSR count). The minimum atomic E-state index is -1.45. The van der Waals surface area contributed by atoms with E-state index in [-0.39, 0.29) is 17.3 Å². The number of rotatable bonds is 2. The van der Waals surface area contributed by atoms with Crippen LogP contribution in [0.5, 0.6) is 0 Å². The van der Waals surface area contributed by atoms with Crippen molar-refractivity contribution >= 4 is 40.7 Å². The molecule has 0 saturated carbocycles. The van der Waals surface area contributed by atoms with E-state index in [0.29, 0.717) is 16.1 Å². The lowest BCUT2D eigenvalue weighted by Gasteiger charge is -2.38. The number of carbonyl (C=O) groups excluding carboxylic acids is 3. The zero-order valence-electron chi connectivity index (χ0n) is 20.4. The lowest BCUT2D eigenvalue weighted by Crippen LogP contribution is -2.49. The standard InChI is InChI=1S/C31H26ClNO3/c1-30(2,3)29(36)26-25(18-9-5-4-6-10-18)31(27(34)21-11-7-8-12-22(21)28(31)35)24-16-13-19-17-20(32)14-15-23(19)33(24)26/h4-17,24-26H,1-3H3/t24-,25+,26-/m1/s1. The summed E-state index contributed by atoms with van der Waals surface area (Å²) in [7, 11) is 0. The molecule has 0 amide bonds. The van der Waals surface area contributed by atoms with Gasteiger partial charge in [-0.05, 0) is 29.3 Å². The van der Waals surface area contributed by atoms with Gasteiger partial charge < -0.3 is 4.90 Å². The summed E-state index contributed by atoms with van der Waals surface area (Å²) in [6, 6.07) is 20.8. The summed E-state index contributed by atoms with van der Waals surface area (Å²) in [6.07, 6.45) is 3.85. The number of halogens is 1. The molecule has 36 heavy (non-hydrogen) atoms. The molecule has 1 spiro atoms. The Balaban J connectivity index is 1.70. The topological polar surface area (TPSA) is 54.5 Å². The summed E-state index contributed by atoms with van der Waals surface area (Å²) < 4.78 is 0. The molecule has 4 nitrogen and oxygen atoms in total. The Hall–Kier alpha value is -3.50. The molecule has 5 heteroatoms. The second-order valence-corrected chi connectivity index (χ2v) is 11.4. The van der Waals surface area contributed by atoms with Crippen molar-refractivity contribution in [1.29, 1.82) is 0 Å². The van der Waals surface area contributed by atoms with E-state index in [4.69, 9.17) is 11.6 Å². The molecule has 2 heterocycles. The van der Waals surface area contributed by atoms with E-state index < -0.39 is 28.8 Å². The maximum atomic E-state index is 14.4. The highest BCUT2D eigenvalue weighted by Gasteiger charge is 2.71. The second-order valence-electron chi connectivity index (χ2n) is 10.9. The number of ketones is 3. The molecule has 3 atom stereocenters. The minimum absolute atomic E-state index is 0.00835. The Kier molecular flexibility index (Phi) is 4.94. The number of hydrogen-bond acceptors (Lipinski definition) is 4. The number of anilines is 1. The van der Waals surface area contributed by atoms with Crippen LogP contribution < -0.4 is 4.90 Å². The number of Topliss-reactive ketones (excluding diaryl/α,β-unsaturated/α-hetero) is 3. The molecule has 2 aliphatic heterocycles. The van der Waals surface area contributed by atoms with Crippen LogP contribution in [0.3, 0.4) is 0 Å². The molecule has 1 saturated heterocycles. The van der Waals surface area contributed by atoms with Crippen molar-refractivity contribution in [3.63, 3.8) is 0 Å². The van der Waals surface area contributed by atoms with E-state index in [1.165, 1.54) is 0 Å². The summed E-state index contributed by atoms with van der Waals surface area (Å²) in [6.45, 7) is 5.69. The molecule has 0 unspecified atom stereocenters. The van der Waals surface area contributed by atoms with Crippen LogP contribution in [0.15, 0.2) is 78.9 Å². The minimum Gasteiger partial charge on any atom is -0.352 e. The lowest BCUT2D eigenvalue weighted by molar-refractivity contribution is -0.127. The van der Waals surface area contributed by atoms with Gasteiger partial charge in [0.1, 0.15) is 5.41 Å². The Labute approximate surface area is 215 Å². The molecule has 3 aromatic rings. The highest BCUT2D eigenvalue weighted by Crippen LogP contribution is 2.61. The zero-order valence-corrected chi connectivity index (χ0v) is 21.1. The third kappa shape index (κ3) is 2.91. The third-order valence-corrected chi connectivity index (χ3v) is 8.17. The monoisotopic (exact) mass is 495 g/mol. The number of carbonyl (C=O) groups is 3. The molecule has 1 fully saturated rings. The van der Waals surface area contributed by atoms with Gasteiger partial charge in [0.15, 0.2) is 17.3 Å². The van der Waals surface area contributed by atoms with Crippen LogP contribution in [0.2, 0.25) is 5.02 Å². The van der Waals surface area contributed by atoms with E-state index in [1.54, 1.807) is 30.3 Å². The van der Waals surface area contributed by atoms with Crippen LogP contribution in [0.1, 0.15) is 58.5 Å². The average Bonchev–Trinajstić information content (AvgIpc) is 3.29. The first-order valence-electron chi connectivity index (χ1n) is 12.2. The normalized spacial score (nSPS) is 23.6. The second kappa shape index (κ2) is 7.75. The first-order chi connectivity index (χ1) is 17.2. The number of nitrogens with zero attached hydrogens (tertiary/aromatic N) is 1. The Morgan fingerprint density at radius 2 is 1.50 bits per heavy atom. The van der Waals surface area contributed by atoms with E-state index in [2.05, 4.69) is 0 Å². The fourth-order valence-electron chi connectivity index (χ4n) is 6.42. The highest BCUT2D eigenvalue weighted by atomic mass is 35.5. The van der Waals surface area contributed by atoms with Crippen molar-refractivity contribution in [2.24, 2.45) is 10.8 Å². The van der Waals surface area contributed by atoms with Crippen LogP contribution in [-0.2, 0) is 4.79 Å². The van der Waals surface area contributed by atoms with E-state index >= 15 is 0 Å². The van der Waals surface area contributed by atoms with Gasteiger partial charge in [0, 0.05) is 33.2 Å². The van der Waals surface area contributed by atoms with Crippen molar-refractivity contribution < 1.29 is 14.4 Å². The van der Waals surface area contributed by atoms with E-state index in [9.17, 15) is 14.4 Å². The fourth-order valence-corrected chi connectivity index (χ4v) is 6.61. The predicted octanol–water partition coefficient (Wildman–Crippen LogP) is 6.39. The molecule has 1 aliphatic carbocycles. The largest absolute Gasteiger partial charge is 0.352 e. The molecule has 0 aromatic heterocycles. The van der Waals surface area contributed by atoms with Gasteiger partial charge in [0.05, 0.1) is 12.1 Å². The van der Waals surface area contributed by atoms with Crippen molar-refractivity contribution in [2.75, 3.05) is 4.90 Å². The molecule has 0 N–H and O–H groups in total. The maximum absolute atomic E-state index is 14.4. The molecule has 180 valence electrons. The van der Waals surface area contributed by atoms with Crippen LogP contribution in [0.25, 0.3) is 6.08 Å². The van der Waals surface area contributed by atoms with Crippen molar-refractivity contribution in [1.82, 2.24) is 0 Å². The van der Waals surface area contributed by atoms with Gasteiger partial charge >= 0.3 is 0 Å². The number of hydrogen-bond donors (Lipinski definition) is 0. The van der Waals surface area contributed by atoms with E-state index in [1.807, 2.05) is 80.3 Å². The van der Waals surface area contributed by atoms with Crippen molar-refractivity contribution in [3.8, 4) is 0 Å². The molecule has 0 radical (unpaired) electrons. The molecule has 0 bridgehead atoms. The van der Waals surface area contributed by atoms with Gasteiger partial charge in [-0.3, -0.25) is 14.4 Å². The quantitative estimate of drug-likeness (QED) is 0.386. The third-order valence-electron chi connectivity index (χ3n) is 7.93. The molecule has 3 aromatic carbocycles. The van der Waals surface area contributed by atoms with Crippen LogP contribution in [0, 0.1) is 10.8 Å². The lowest BCUT2D eigenvalue weighted by atomic mass is 9.63. The summed E-state index contributed by atoms with van der Waals surface area (Å²) >= 11 is 6.32. The zero-order chi connectivity index (χ0) is 25.4. The SMILES string of the molecule is CC(C)(C)C(=O)[C@H]1[C@H](c2ccccc2)C2(C(=O)c3ccccc3C2=O)[C@H]2C=Cc3cc(Cl)ccc3N12. The van der Waals surface area contributed by atoms with Gasteiger partial charge in [-0.25, -0.2) is 0 Å². The van der Waals surface area contributed by atoms with E-state index in [0.717, 1.165) is 16.8 Å². The smallest absolute Gasteiger partial charge is 0.180 e. The number of benzene rings is 3. The van der Waals surface area contributed by atoms with Gasteiger partial charge in [0.25, 0.3) is 0 Å². The Bertz CT molecular complexity index is 1430. The fraction of sp³-hybridized carbons (Fsp3) is 0.258. The molecular formula is C31H26ClNO3. The average molecular weight is 496 g/mol. The van der Waals surface area contributed by atoms with Crippen LogP contribution in [0.4, 0.5) is 5.69 Å². The predicted molar refractivity (Wildman–Crippen MR) is 142 cm³/mol. The summed E-state index contributed by atoms with van der Waals surface area (Å²) in [5.74, 6) is -1.09. The first kappa shape index (κ1) is 22.9. The number of fused-ring (bicyclic) bond motifs is 5. The first-order valence-corrected chi connectivity index (χ1v) is 12.6. The Morgan fingerprint density at radius 3 is 2.11 bits per heavy atom. The van der Waals surface area contributed by atoms with Crippen molar-refractivity contribution in [3.05, 3.63) is 106 Å². The van der Waals surface area contributed by atoms with Gasteiger partial charge in [0.2, 0.25) is 0 Å². The van der Waals surface area contributed by atoms with Crippen molar-refractivity contribution in [2.45, 2.75) is 38.8 Å². The van der Waals surface area contributed by atoms with Gasteiger partial charge in [-0.2, -0.15) is 0 Å². The van der Waals surface area contributed by atoms with Gasteiger partial charge in [-0.1, -0.05) is 99.1 Å². The summed E-state index contributed by atoms with van der Waals surface area (Å²) in [5.41, 5.74) is 1.20. The van der Waals surface area contributed by atoms with Crippen LogP contribution >= 0.6 is 11.6 Å². The van der Waals surface area contributed by atoms with Crippen LogP contribution in [-0.4, -0.2) is 29.4 Å². The molecular weight excluding hydrogens is 470 g/mol. The maximum Gasteiger partial charge on any atom is 0.180 e. The molecule has 3 aliphatic rings. The van der Waals surface area contributed by atoms with Gasteiger partial charge in [-0.15, -0.1) is 0 Å². The summed E-state index contributed by atoms with van der Waals surface area (Å²) in [5, 5.41) is 0.587. The highest BCUT2D eigenvalue weighted by molar-refractivity contribution is 6.32. The Morgan fingerprint density at radius 1 is 0.889 bits per heavy atom.